The Hall–Kier alpha value is -1.95. The molecular formula is C14H19N3O3. The van der Waals surface area contributed by atoms with E-state index in [9.17, 15) is 14.7 Å². The van der Waals surface area contributed by atoms with E-state index in [-0.39, 0.29) is 24.5 Å². The fourth-order valence-electron chi connectivity index (χ4n) is 2.38. The molecule has 0 saturated carbocycles. The minimum absolute atomic E-state index is 0.00439. The first-order valence-corrected chi connectivity index (χ1v) is 6.73. The first-order valence-electron chi connectivity index (χ1n) is 6.73. The molecular weight excluding hydrogens is 258 g/mol. The Morgan fingerprint density at radius 3 is 3.05 bits per heavy atom. The van der Waals surface area contributed by atoms with Crippen LogP contribution in [0.2, 0.25) is 0 Å². The van der Waals surface area contributed by atoms with Crippen LogP contribution in [0.1, 0.15) is 35.8 Å². The number of hydrogen-bond acceptors (Lipinski definition) is 4. The zero-order valence-corrected chi connectivity index (χ0v) is 11.5. The molecule has 6 nitrogen and oxygen atoms in total. The summed E-state index contributed by atoms with van der Waals surface area (Å²) >= 11 is 0. The van der Waals surface area contributed by atoms with Gasteiger partial charge in [-0.05, 0) is 25.0 Å². The van der Waals surface area contributed by atoms with E-state index >= 15 is 0 Å². The minimum atomic E-state index is -0.136. The summed E-state index contributed by atoms with van der Waals surface area (Å²) in [5.41, 5.74) is 1.19. The molecule has 0 radical (unpaired) electrons. The van der Waals surface area contributed by atoms with E-state index in [1.165, 1.54) is 6.92 Å². The lowest BCUT2D eigenvalue weighted by atomic mass is 10.1. The van der Waals surface area contributed by atoms with E-state index in [0.717, 1.165) is 12.8 Å². The number of hydrogen-bond donors (Lipinski definition) is 2. The Labute approximate surface area is 117 Å². The van der Waals surface area contributed by atoms with Crippen LogP contribution in [0.15, 0.2) is 18.3 Å². The lowest BCUT2D eigenvalue weighted by Gasteiger charge is -2.23. The number of aliphatic hydroxyl groups is 1. The maximum atomic E-state index is 12.4. The van der Waals surface area contributed by atoms with Crippen molar-refractivity contribution in [2.45, 2.75) is 32.4 Å². The molecule has 1 fully saturated rings. The third-order valence-electron chi connectivity index (χ3n) is 3.43. The first kappa shape index (κ1) is 14.5. The van der Waals surface area contributed by atoms with Crippen molar-refractivity contribution in [3.63, 3.8) is 0 Å². The van der Waals surface area contributed by atoms with E-state index in [4.69, 9.17) is 0 Å². The summed E-state index contributed by atoms with van der Waals surface area (Å²) in [6, 6.07) is 3.26. The van der Waals surface area contributed by atoms with Crippen LogP contribution in [0.25, 0.3) is 0 Å². The topological polar surface area (TPSA) is 82.5 Å². The number of nitrogens with zero attached hydrogens (tertiary/aromatic N) is 2. The van der Waals surface area contributed by atoms with E-state index in [1.807, 2.05) is 0 Å². The lowest BCUT2D eigenvalue weighted by Crippen LogP contribution is -2.37. The Balaban J connectivity index is 2.09. The molecule has 2 heterocycles. The molecule has 1 aliphatic heterocycles. The Bertz CT molecular complexity index is 504. The molecule has 0 aromatic carbocycles. The van der Waals surface area contributed by atoms with Crippen LogP contribution in [0.5, 0.6) is 0 Å². The standard InChI is InChI=1S/C14H19N3O3/c1-10(19)16-8-12-7-11(4-5-15-12)14(20)17-6-2-3-13(17)9-18/h4-5,7,13,18H,2-3,6,8-9H2,1H3,(H,16,19). The average molecular weight is 277 g/mol. The molecule has 6 heteroatoms. The average Bonchev–Trinajstić information content (AvgIpc) is 2.93. The number of aromatic nitrogens is 1. The van der Waals surface area contributed by atoms with E-state index in [2.05, 4.69) is 10.3 Å². The molecule has 2 rings (SSSR count). The summed E-state index contributed by atoms with van der Waals surface area (Å²) in [5.74, 6) is -0.226. The molecule has 20 heavy (non-hydrogen) atoms. The molecule has 0 aliphatic carbocycles. The van der Waals surface area contributed by atoms with E-state index in [0.29, 0.717) is 24.3 Å². The van der Waals surface area contributed by atoms with Crippen molar-refractivity contribution in [2.75, 3.05) is 13.2 Å². The number of carbonyl (C=O) groups is 2. The van der Waals surface area contributed by atoms with Crippen LogP contribution < -0.4 is 5.32 Å². The number of likely N-dealkylation sites (tertiary alicyclic amines) is 1. The number of pyridine rings is 1. The molecule has 1 aromatic rings. The number of amides is 2. The summed E-state index contributed by atoms with van der Waals surface area (Å²) in [5, 5.41) is 11.9. The second kappa shape index (κ2) is 6.47. The van der Waals surface area contributed by atoms with Gasteiger partial charge in [0.15, 0.2) is 0 Å². The number of nitrogens with one attached hydrogen (secondary N) is 1. The molecule has 1 atom stereocenters. The Morgan fingerprint density at radius 1 is 1.55 bits per heavy atom. The number of rotatable bonds is 4. The van der Waals surface area contributed by atoms with Crippen molar-refractivity contribution < 1.29 is 14.7 Å². The molecule has 1 aliphatic rings. The quantitative estimate of drug-likeness (QED) is 0.830. The minimum Gasteiger partial charge on any atom is -0.394 e. The molecule has 1 unspecified atom stereocenters. The van der Waals surface area contributed by atoms with Crippen LogP contribution in [0.4, 0.5) is 0 Å². The molecule has 0 bridgehead atoms. The van der Waals surface area contributed by atoms with E-state index < -0.39 is 0 Å². The van der Waals surface area contributed by atoms with Crippen LogP contribution in [-0.4, -0.2) is 46.0 Å². The number of aliphatic hydroxyl groups excluding tert-OH is 1. The van der Waals surface area contributed by atoms with Crippen molar-refractivity contribution in [1.82, 2.24) is 15.2 Å². The molecule has 108 valence electrons. The summed E-state index contributed by atoms with van der Waals surface area (Å²) < 4.78 is 0. The van der Waals surface area contributed by atoms with Gasteiger partial charge < -0.3 is 15.3 Å². The van der Waals surface area contributed by atoms with Gasteiger partial charge in [-0.1, -0.05) is 0 Å². The van der Waals surface area contributed by atoms with Crippen molar-refractivity contribution in [3.8, 4) is 0 Å². The van der Waals surface area contributed by atoms with Crippen LogP contribution in [-0.2, 0) is 11.3 Å². The highest BCUT2D eigenvalue weighted by atomic mass is 16.3. The fourth-order valence-corrected chi connectivity index (χ4v) is 2.38. The van der Waals surface area contributed by atoms with Gasteiger partial charge in [-0.2, -0.15) is 0 Å². The smallest absolute Gasteiger partial charge is 0.254 e. The van der Waals surface area contributed by atoms with Gasteiger partial charge >= 0.3 is 0 Å². The predicted octanol–water partition coefficient (Wildman–Crippen LogP) is 0.315. The maximum absolute atomic E-state index is 12.4. The monoisotopic (exact) mass is 277 g/mol. The second-order valence-corrected chi connectivity index (χ2v) is 4.92. The largest absolute Gasteiger partial charge is 0.394 e. The summed E-state index contributed by atoms with van der Waals surface area (Å²) in [7, 11) is 0. The van der Waals surface area contributed by atoms with Crippen LogP contribution >= 0.6 is 0 Å². The zero-order valence-electron chi connectivity index (χ0n) is 11.5. The van der Waals surface area contributed by atoms with Gasteiger partial charge in [0.05, 0.1) is 24.9 Å². The highest BCUT2D eigenvalue weighted by molar-refractivity contribution is 5.94. The Morgan fingerprint density at radius 2 is 2.35 bits per heavy atom. The Kier molecular flexibility index (Phi) is 4.68. The molecule has 2 N–H and O–H groups in total. The van der Waals surface area contributed by atoms with Gasteiger partial charge in [0.2, 0.25) is 5.91 Å². The second-order valence-electron chi connectivity index (χ2n) is 4.92. The summed E-state index contributed by atoms with van der Waals surface area (Å²) in [4.78, 5) is 29.1. The normalized spacial score (nSPS) is 18.1. The van der Waals surface area contributed by atoms with Gasteiger partial charge in [-0.25, -0.2) is 0 Å². The van der Waals surface area contributed by atoms with Crippen molar-refractivity contribution in [2.24, 2.45) is 0 Å². The predicted molar refractivity (Wildman–Crippen MR) is 72.9 cm³/mol. The fraction of sp³-hybridized carbons (Fsp3) is 0.500. The van der Waals surface area contributed by atoms with Crippen molar-refractivity contribution in [3.05, 3.63) is 29.6 Å². The summed E-state index contributed by atoms with van der Waals surface area (Å²) in [6.07, 6.45) is 3.32. The van der Waals surface area contributed by atoms with E-state index in [1.54, 1.807) is 23.2 Å². The van der Waals surface area contributed by atoms with Crippen molar-refractivity contribution >= 4 is 11.8 Å². The third kappa shape index (κ3) is 3.33. The lowest BCUT2D eigenvalue weighted by molar-refractivity contribution is -0.119. The van der Waals surface area contributed by atoms with Crippen molar-refractivity contribution in [1.29, 1.82) is 0 Å². The van der Waals surface area contributed by atoms with Gasteiger partial charge in [-0.3, -0.25) is 14.6 Å². The van der Waals surface area contributed by atoms with Crippen LogP contribution in [0, 0.1) is 0 Å². The van der Waals surface area contributed by atoms with Crippen LogP contribution in [0.3, 0.4) is 0 Å². The third-order valence-corrected chi connectivity index (χ3v) is 3.43. The van der Waals surface area contributed by atoms with Gasteiger partial charge in [0.25, 0.3) is 5.91 Å². The first-order chi connectivity index (χ1) is 9.61. The molecule has 0 spiro atoms. The molecule has 2 amide bonds. The number of carbonyl (C=O) groups excluding carboxylic acids is 2. The maximum Gasteiger partial charge on any atom is 0.254 e. The van der Waals surface area contributed by atoms with Gasteiger partial charge in [-0.15, -0.1) is 0 Å². The highest BCUT2D eigenvalue weighted by Gasteiger charge is 2.28. The molecule has 1 saturated heterocycles. The van der Waals surface area contributed by atoms with Gasteiger partial charge in [0, 0.05) is 25.2 Å². The summed E-state index contributed by atoms with van der Waals surface area (Å²) in [6.45, 7) is 2.41. The highest BCUT2D eigenvalue weighted by Crippen LogP contribution is 2.19. The molecule has 1 aromatic heterocycles. The van der Waals surface area contributed by atoms with Gasteiger partial charge in [0.1, 0.15) is 0 Å². The SMILES string of the molecule is CC(=O)NCc1cc(C(=O)N2CCCC2CO)ccn1. The zero-order chi connectivity index (χ0) is 14.5.